The number of para-hydroxylation sites is 1. The zero-order valence-corrected chi connectivity index (χ0v) is 16.3. The third-order valence-corrected chi connectivity index (χ3v) is 4.23. The molecule has 2 rings (SSSR count). The molecule has 0 aliphatic carbocycles. The van der Waals surface area contributed by atoms with E-state index in [4.69, 9.17) is 16.3 Å². The number of anilines is 1. The van der Waals surface area contributed by atoms with Crippen molar-refractivity contribution in [3.8, 4) is 5.75 Å². The highest BCUT2D eigenvalue weighted by atomic mass is 35.5. The molecule has 0 bridgehead atoms. The number of hydrogen-bond acceptors (Lipinski definition) is 3. The van der Waals surface area contributed by atoms with Crippen LogP contribution in [0.4, 0.5) is 5.69 Å². The van der Waals surface area contributed by atoms with E-state index >= 15 is 0 Å². The van der Waals surface area contributed by atoms with Gasteiger partial charge in [-0.05, 0) is 36.8 Å². The minimum atomic E-state index is -0.0873. The molecular formula is C20H25ClN4O2. The summed E-state index contributed by atoms with van der Waals surface area (Å²) in [5.41, 5.74) is 1.59. The van der Waals surface area contributed by atoms with Crippen LogP contribution in [0.1, 0.15) is 12.0 Å². The molecule has 1 amide bonds. The van der Waals surface area contributed by atoms with Crippen LogP contribution in [0.2, 0.25) is 5.02 Å². The van der Waals surface area contributed by atoms with Crippen molar-refractivity contribution < 1.29 is 9.53 Å². The van der Waals surface area contributed by atoms with Gasteiger partial charge in [-0.3, -0.25) is 9.79 Å². The number of halogens is 1. The molecule has 0 heterocycles. The maximum atomic E-state index is 12.1. The lowest BCUT2D eigenvalue weighted by Crippen LogP contribution is -2.40. The molecule has 0 aliphatic rings. The maximum Gasteiger partial charge on any atom is 0.226 e. The summed E-state index contributed by atoms with van der Waals surface area (Å²) in [6.07, 6.45) is 0.313. The van der Waals surface area contributed by atoms with Gasteiger partial charge in [0, 0.05) is 30.7 Å². The summed E-state index contributed by atoms with van der Waals surface area (Å²) in [4.78, 5) is 16.2. The highest BCUT2D eigenvalue weighted by molar-refractivity contribution is 6.31. The summed E-state index contributed by atoms with van der Waals surface area (Å²) in [7, 11) is 1.68. The largest absolute Gasteiger partial charge is 0.492 e. The number of aliphatic imine (C=N–C) groups is 1. The Hall–Kier alpha value is -2.73. The predicted molar refractivity (Wildman–Crippen MR) is 111 cm³/mol. The van der Waals surface area contributed by atoms with E-state index in [0.717, 1.165) is 17.0 Å². The fourth-order valence-electron chi connectivity index (χ4n) is 2.33. The van der Waals surface area contributed by atoms with Gasteiger partial charge in [-0.2, -0.15) is 0 Å². The van der Waals surface area contributed by atoms with Crippen molar-refractivity contribution in [3.63, 3.8) is 0 Å². The number of benzene rings is 2. The van der Waals surface area contributed by atoms with Gasteiger partial charge in [0.2, 0.25) is 5.91 Å². The molecule has 0 atom stereocenters. The Morgan fingerprint density at radius 2 is 1.81 bits per heavy atom. The van der Waals surface area contributed by atoms with Gasteiger partial charge < -0.3 is 20.7 Å². The average Bonchev–Trinajstić information content (AvgIpc) is 2.68. The number of rotatable bonds is 8. The molecule has 0 radical (unpaired) electrons. The van der Waals surface area contributed by atoms with Gasteiger partial charge in [0.15, 0.2) is 5.96 Å². The molecule has 7 heteroatoms. The van der Waals surface area contributed by atoms with Gasteiger partial charge in [0.05, 0.1) is 6.54 Å². The minimum absolute atomic E-state index is 0.0873. The fourth-order valence-corrected chi connectivity index (χ4v) is 2.50. The Kier molecular flexibility index (Phi) is 8.45. The van der Waals surface area contributed by atoms with Crippen LogP contribution in [0.5, 0.6) is 5.75 Å². The number of hydrogen-bond donors (Lipinski definition) is 3. The van der Waals surface area contributed by atoms with Crippen LogP contribution in [-0.2, 0) is 4.79 Å². The quantitative estimate of drug-likeness (QED) is 0.369. The number of ether oxygens (including phenoxy) is 1. The zero-order valence-electron chi connectivity index (χ0n) is 15.6. The van der Waals surface area contributed by atoms with Crippen molar-refractivity contribution in [2.75, 3.05) is 32.1 Å². The number of amides is 1. The van der Waals surface area contributed by atoms with E-state index < -0.39 is 0 Å². The minimum Gasteiger partial charge on any atom is -0.492 e. The molecule has 0 unspecified atom stereocenters. The van der Waals surface area contributed by atoms with Gasteiger partial charge in [-0.15, -0.1) is 0 Å². The van der Waals surface area contributed by atoms with Crippen LogP contribution in [-0.4, -0.2) is 38.6 Å². The summed E-state index contributed by atoms with van der Waals surface area (Å²) in [5.74, 6) is 1.37. The molecule has 144 valence electrons. The van der Waals surface area contributed by atoms with Crippen LogP contribution in [0.25, 0.3) is 0 Å². The zero-order chi connectivity index (χ0) is 19.5. The monoisotopic (exact) mass is 388 g/mol. The third-order valence-electron chi connectivity index (χ3n) is 3.82. The van der Waals surface area contributed by atoms with Crippen molar-refractivity contribution in [3.05, 3.63) is 59.1 Å². The van der Waals surface area contributed by atoms with E-state index in [9.17, 15) is 4.79 Å². The predicted octanol–water partition coefficient (Wildman–Crippen LogP) is 3.22. The molecule has 0 saturated heterocycles. The molecule has 0 saturated carbocycles. The summed E-state index contributed by atoms with van der Waals surface area (Å²) in [5, 5.41) is 9.75. The van der Waals surface area contributed by atoms with Crippen molar-refractivity contribution in [2.45, 2.75) is 13.3 Å². The highest BCUT2D eigenvalue weighted by Gasteiger charge is 2.07. The maximum absolute atomic E-state index is 12.1. The summed E-state index contributed by atoms with van der Waals surface area (Å²) in [6.45, 7) is 3.45. The van der Waals surface area contributed by atoms with Crippen molar-refractivity contribution >= 4 is 29.2 Å². The molecule has 0 spiro atoms. The number of nitrogens with zero attached hydrogens (tertiary/aromatic N) is 1. The molecule has 3 N–H and O–H groups in total. The van der Waals surface area contributed by atoms with Crippen molar-refractivity contribution in [2.24, 2.45) is 4.99 Å². The summed E-state index contributed by atoms with van der Waals surface area (Å²) >= 11 is 6.06. The van der Waals surface area contributed by atoms with Gasteiger partial charge >= 0.3 is 0 Å². The van der Waals surface area contributed by atoms with Crippen LogP contribution in [0.15, 0.2) is 53.5 Å². The Bertz CT molecular complexity index is 766. The Labute approximate surface area is 165 Å². The second-order valence-corrected chi connectivity index (χ2v) is 6.21. The smallest absolute Gasteiger partial charge is 0.226 e. The standard InChI is InChI=1S/C20H25ClN4O2/c1-15-17(21)9-6-10-18(15)25-19(26)11-12-23-20(22-2)24-13-14-27-16-7-4-3-5-8-16/h3-10H,11-14H2,1-2H3,(H,25,26)(H2,22,23,24). The van der Waals surface area contributed by atoms with Crippen LogP contribution in [0, 0.1) is 6.92 Å². The van der Waals surface area contributed by atoms with Crippen LogP contribution in [0.3, 0.4) is 0 Å². The van der Waals surface area contributed by atoms with Crippen LogP contribution >= 0.6 is 11.6 Å². The molecule has 0 aliphatic heterocycles. The SMILES string of the molecule is CN=C(NCCOc1ccccc1)NCCC(=O)Nc1cccc(Cl)c1C. The normalized spacial score (nSPS) is 11.0. The Morgan fingerprint density at radius 1 is 1.07 bits per heavy atom. The van der Waals surface area contributed by atoms with Crippen molar-refractivity contribution in [1.29, 1.82) is 0 Å². The topological polar surface area (TPSA) is 74.8 Å². The molecule has 2 aromatic carbocycles. The summed E-state index contributed by atoms with van der Waals surface area (Å²) in [6, 6.07) is 15.1. The first-order valence-electron chi connectivity index (χ1n) is 8.77. The van der Waals surface area contributed by atoms with E-state index in [2.05, 4.69) is 20.9 Å². The lowest BCUT2D eigenvalue weighted by molar-refractivity contribution is -0.116. The van der Waals surface area contributed by atoms with E-state index in [0.29, 0.717) is 37.1 Å². The van der Waals surface area contributed by atoms with Gasteiger partial charge in [0.1, 0.15) is 12.4 Å². The molecular weight excluding hydrogens is 364 g/mol. The molecule has 0 fully saturated rings. The number of carbonyl (C=O) groups is 1. The average molecular weight is 389 g/mol. The van der Waals surface area contributed by atoms with E-state index in [1.54, 1.807) is 13.1 Å². The Morgan fingerprint density at radius 3 is 2.56 bits per heavy atom. The Balaban J connectivity index is 1.65. The second kappa shape index (κ2) is 11.1. The highest BCUT2D eigenvalue weighted by Crippen LogP contribution is 2.22. The van der Waals surface area contributed by atoms with E-state index in [1.165, 1.54) is 0 Å². The second-order valence-electron chi connectivity index (χ2n) is 5.80. The molecule has 2 aromatic rings. The first kappa shape index (κ1) is 20.6. The van der Waals surface area contributed by atoms with Gasteiger partial charge in [0.25, 0.3) is 0 Å². The molecule has 0 aromatic heterocycles. The fraction of sp³-hybridized carbons (Fsp3) is 0.300. The number of carbonyl (C=O) groups excluding carboxylic acids is 1. The molecule has 6 nitrogen and oxygen atoms in total. The first-order chi connectivity index (χ1) is 13.1. The van der Waals surface area contributed by atoms with E-state index in [1.807, 2.05) is 49.4 Å². The van der Waals surface area contributed by atoms with Crippen molar-refractivity contribution in [1.82, 2.24) is 10.6 Å². The van der Waals surface area contributed by atoms with E-state index in [-0.39, 0.29) is 5.91 Å². The lowest BCUT2D eigenvalue weighted by atomic mass is 10.2. The first-order valence-corrected chi connectivity index (χ1v) is 9.15. The number of guanidine groups is 1. The van der Waals surface area contributed by atoms with Crippen LogP contribution < -0.4 is 20.7 Å². The molecule has 27 heavy (non-hydrogen) atoms. The van der Waals surface area contributed by atoms with Gasteiger partial charge in [-0.25, -0.2) is 0 Å². The lowest BCUT2D eigenvalue weighted by Gasteiger charge is -2.13. The van der Waals surface area contributed by atoms with Gasteiger partial charge in [-0.1, -0.05) is 35.9 Å². The summed E-state index contributed by atoms with van der Waals surface area (Å²) < 4.78 is 5.61. The number of nitrogens with one attached hydrogen (secondary N) is 3. The third kappa shape index (κ3) is 7.19.